The predicted octanol–water partition coefficient (Wildman–Crippen LogP) is 1.15. The van der Waals surface area contributed by atoms with Gasteiger partial charge in [0.25, 0.3) is 0 Å². The van der Waals surface area contributed by atoms with Crippen molar-refractivity contribution in [2.24, 2.45) is 16.5 Å². The van der Waals surface area contributed by atoms with E-state index in [0.29, 0.717) is 51.6 Å². The van der Waals surface area contributed by atoms with E-state index in [4.69, 9.17) is 11.5 Å². The van der Waals surface area contributed by atoms with Gasteiger partial charge in [0.05, 0.1) is 6.42 Å². The molecule has 2 saturated heterocycles. The van der Waals surface area contributed by atoms with Gasteiger partial charge in [-0.05, 0) is 62.5 Å². The van der Waals surface area contributed by atoms with Crippen molar-refractivity contribution in [2.75, 3.05) is 13.1 Å². The first-order valence-corrected chi connectivity index (χ1v) is 15.1. The lowest BCUT2D eigenvalue weighted by molar-refractivity contribution is -0.146. The Morgan fingerprint density at radius 1 is 0.907 bits per heavy atom. The van der Waals surface area contributed by atoms with Crippen LogP contribution in [0.4, 0.5) is 0 Å². The van der Waals surface area contributed by atoms with Crippen LogP contribution in [0.25, 0.3) is 0 Å². The Kier molecular flexibility index (Phi) is 11.5. The van der Waals surface area contributed by atoms with E-state index in [-0.39, 0.29) is 42.1 Å². The van der Waals surface area contributed by atoms with E-state index in [2.05, 4.69) is 20.9 Å². The molecule has 2 aromatic carbocycles. The lowest BCUT2D eigenvalue weighted by atomic mass is 9.97. The second-order valence-corrected chi connectivity index (χ2v) is 11.2. The first-order chi connectivity index (χ1) is 20.8. The molecule has 0 bridgehead atoms. The van der Waals surface area contributed by atoms with Crippen molar-refractivity contribution >= 4 is 29.6 Å². The number of fused-ring (bicyclic) bond motifs is 1. The zero-order valence-corrected chi connectivity index (χ0v) is 24.5. The maximum Gasteiger partial charge on any atom is 0.246 e. The third-order valence-electron chi connectivity index (χ3n) is 8.05. The molecule has 0 unspecified atom stereocenters. The molecule has 2 fully saturated rings. The van der Waals surface area contributed by atoms with Gasteiger partial charge < -0.3 is 32.3 Å². The van der Waals surface area contributed by atoms with Gasteiger partial charge in [-0.1, -0.05) is 60.7 Å². The summed E-state index contributed by atoms with van der Waals surface area (Å²) >= 11 is 0. The minimum atomic E-state index is -0.793. The number of carbonyl (C=O) groups is 4. The molecule has 0 spiro atoms. The number of nitrogens with two attached hydrogens (primary N) is 2. The number of nitrogens with one attached hydrogen (secondary N) is 3. The summed E-state index contributed by atoms with van der Waals surface area (Å²) in [5, 5.41) is 8.72. The molecular weight excluding hydrogens is 546 g/mol. The SMILES string of the molecule is NC(N)=NCCC[C@H](NC(=O)[C@@H]1CC[C@@H]2CC[C@H](NC(=O)Cc3ccccc3)C(=O)N21)C(=O)NCCCc1ccccc1. The Morgan fingerprint density at radius 3 is 2.28 bits per heavy atom. The van der Waals surface area contributed by atoms with Crippen LogP contribution in [-0.2, 0) is 32.0 Å². The van der Waals surface area contributed by atoms with E-state index in [1.807, 2.05) is 60.7 Å². The smallest absolute Gasteiger partial charge is 0.246 e. The number of hydrogen-bond donors (Lipinski definition) is 5. The Balaban J connectivity index is 1.34. The van der Waals surface area contributed by atoms with Crippen molar-refractivity contribution in [1.29, 1.82) is 0 Å². The second kappa shape index (κ2) is 15.7. The molecule has 2 aliphatic rings. The first kappa shape index (κ1) is 31.5. The number of aliphatic imine (C=N–C) groups is 1. The third kappa shape index (κ3) is 9.29. The molecule has 0 aromatic heterocycles. The highest BCUT2D eigenvalue weighted by Gasteiger charge is 2.46. The van der Waals surface area contributed by atoms with Crippen LogP contribution in [0.1, 0.15) is 56.1 Å². The summed E-state index contributed by atoms with van der Waals surface area (Å²) in [4.78, 5) is 58.5. The summed E-state index contributed by atoms with van der Waals surface area (Å²) in [7, 11) is 0. The van der Waals surface area contributed by atoms with Gasteiger partial charge in [0, 0.05) is 19.1 Å². The van der Waals surface area contributed by atoms with Crippen molar-refractivity contribution in [3.8, 4) is 0 Å². The summed E-state index contributed by atoms with van der Waals surface area (Å²) in [6, 6.07) is 17.2. The summed E-state index contributed by atoms with van der Waals surface area (Å²) in [6.45, 7) is 0.797. The lowest BCUT2D eigenvalue weighted by Gasteiger charge is -2.38. The number of piperidine rings is 1. The molecule has 2 heterocycles. The number of guanidine groups is 1. The van der Waals surface area contributed by atoms with Gasteiger partial charge in [-0.3, -0.25) is 24.2 Å². The van der Waals surface area contributed by atoms with Crippen molar-refractivity contribution in [1.82, 2.24) is 20.9 Å². The number of amides is 4. The Bertz CT molecular complexity index is 1270. The Morgan fingerprint density at radius 2 is 1.58 bits per heavy atom. The fraction of sp³-hybridized carbons (Fsp3) is 0.469. The molecule has 11 nitrogen and oxygen atoms in total. The number of benzene rings is 2. The molecule has 4 atom stereocenters. The van der Waals surface area contributed by atoms with Crippen molar-refractivity contribution in [2.45, 2.75) is 82.0 Å². The van der Waals surface area contributed by atoms with Gasteiger partial charge >= 0.3 is 0 Å². The number of rotatable bonds is 14. The van der Waals surface area contributed by atoms with Gasteiger partial charge in [-0.25, -0.2) is 0 Å². The quantitative estimate of drug-likeness (QED) is 0.126. The number of nitrogens with zero attached hydrogens (tertiary/aromatic N) is 2. The van der Waals surface area contributed by atoms with E-state index in [1.54, 1.807) is 4.90 Å². The van der Waals surface area contributed by atoms with Crippen LogP contribution in [0.3, 0.4) is 0 Å². The fourth-order valence-electron chi connectivity index (χ4n) is 5.89. The van der Waals surface area contributed by atoms with Gasteiger partial charge in [0.1, 0.15) is 18.1 Å². The molecular formula is C32H43N7O4. The molecule has 0 saturated carbocycles. The molecule has 0 radical (unpaired) electrons. The summed E-state index contributed by atoms with van der Waals surface area (Å²) in [5.41, 5.74) is 12.9. The van der Waals surface area contributed by atoms with Crippen LogP contribution in [0.5, 0.6) is 0 Å². The Labute approximate surface area is 252 Å². The minimum absolute atomic E-state index is 0.0306. The number of aryl methyl sites for hydroxylation is 1. The van der Waals surface area contributed by atoms with Crippen molar-refractivity contribution in [3.05, 3.63) is 71.8 Å². The average molecular weight is 590 g/mol. The second-order valence-electron chi connectivity index (χ2n) is 11.2. The van der Waals surface area contributed by atoms with Crippen LogP contribution in [0.2, 0.25) is 0 Å². The molecule has 2 aromatic rings. The largest absolute Gasteiger partial charge is 0.370 e. The molecule has 11 heteroatoms. The van der Waals surface area contributed by atoms with Crippen molar-refractivity contribution in [3.63, 3.8) is 0 Å². The zero-order chi connectivity index (χ0) is 30.6. The standard InChI is InChI=1S/C32H43N7O4/c33-32(34)36-20-8-14-25(29(41)35-19-7-13-22-9-3-1-4-10-22)38-30(42)27-18-16-24-15-17-26(31(43)39(24)27)37-28(40)21-23-11-5-2-6-12-23/h1-6,9-12,24-27H,7-8,13-21H2,(H,35,41)(H,37,40)(H,38,42)(H4,33,34,36)/t24-,25-,26-,27-/m0/s1. The van der Waals surface area contributed by atoms with Gasteiger partial charge in [0.15, 0.2) is 5.96 Å². The number of hydrogen-bond acceptors (Lipinski definition) is 5. The summed E-state index contributed by atoms with van der Waals surface area (Å²) in [5.74, 6) is -1.15. The maximum absolute atomic E-state index is 13.5. The van der Waals surface area contributed by atoms with Gasteiger partial charge in [-0.2, -0.15) is 0 Å². The van der Waals surface area contributed by atoms with E-state index >= 15 is 0 Å². The molecule has 2 aliphatic heterocycles. The van der Waals surface area contributed by atoms with Gasteiger partial charge in [-0.15, -0.1) is 0 Å². The third-order valence-corrected chi connectivity index (χ3v) is 8.05. The molecule has 0 aliphatic carbocycles. The maximum atomic E-state index is 13.5. The molecule has 230 valence electrons. The molecule has 43 heavy (non-hydrogen) atoms. The van der Waals surface area contributed by atoms with E-state index < -0.39 is 18.1 Å². The average Bonchev–Trinajstić information content (AvgIpc) is 3.44. The van der Waals surface area contributed by atoms with Crippen molar-refractivity contribution < 1.29 is 19.2 Å². The molecule has 4 rings (SSSR count). The van der Waals surface area contributed by atoms with Crippen LogP contribution in [-0.4, -0.2) is 71.7 Å². The van der Waals surface area contributed by atoms with Crippen LogP contribution < -0.4 is 27.4 Å². The van der Waals surface area contributed by atoms with E-state index in [0.717, 1.165) is 18.4 Å². The summed E-state index contributed by atoms with van der Waals surface area (Å²) in [6.07, 6.45) is 5.05. The molecule has 7 N–H and O–H groups in total. The fourth-order valence-corrected chi connectivity index (χ4v) is 5.89. The van der Waals surface area contributed by atoms with Gasteiger partial charge in [0.2, 0.25) is 23.6 Å². The first-order valence-electron chi connectivity index (χ1n) is 15.1. The van der Waals surface area contributed by atoms with Crippen LogP contribution >= 0.6 is 0 Å². The zero-order valence-electron chi connectivity index (χ0n) is 24.5. The lowest BCUT2D eigenvalue weighted by Crippen LogP contribution is -2.60. The normalized spacial score (nSPS) is 20.0. The van der Waals surface area contributed by atoms with E-state index in [9.17, 15) is 19.2 Å². The van der Waals surface area contributed by atoms with E-state index in [1.165, 1.54) is 5.56 Å². The highest BCUT2D eigenvalue weighted by atomic mass is 16.2. The Hall–Kier alpha value is -4.41. The van der Waals surface area contributed by atoms with Crippen LogP contribution in [0.15, 0.2) is 65.7 Å². The highest BCUT2D eigenvalue weighted by Crippen LogP contribution is 2.33. The minimum Gasteiger partial charge on any atom is -0.370 e. The molecule has 4 amide bonds. The predicted molar refractivity (Wildman–Crippen MR) is 165 cm³/mol. The monoisotopic (exact) mass is 589 g/mol. The summed E-state index contributed by atoms with van der Waals surface area (Å²) < 4.78 is 0. The highest BCUT2D eigenvalue weighted by molar-refractivity contribution is 5.95. The van der Waals surface area contributed by atoms with Crippen LogP contribution in [0, 0.1) is 0 Å². The number of carbonyl (C=O) groups excluding carboxylic acids is 4. The topological polar surface area (TPSA) is 172 Å².